The first-order valence-electron chi connectivity index (χ1n) is 13.4. The van der Waals surface area contributed by atoms with Crippen molar-refractivity contribution < 1.29 is 5.11 Å². The van der Waals surface area contributed by atoms with Crippen molar-refractivity contribution in [2.75, 3.05) is 51.7 Å². The van der Waals surface area contributed by atoms with Crippen molar-refractivity contribution in [3.8, 4) is 11.1 Å². The monoisotopic (exact) mass is 476 g/mol. The molecule has 0 atom stereocenters. The Bertz CT molecular complexity index is 1080. The molecule has 3 aromatic rings. The highest BCUT2D eigenvalue weighted by Crippen LogP contribution is 2.36. The quantitative estimate of drug-likeness (QED) is 0.442. The summed E-state index contributed by atoms with van der Waals surface area (Å²) in [6, 6.07) is 9.62. The van der Waals surface area contributed by atoms with E-state index in [0.29, 0.717) is 12.0 Å². The number of hydrogen-bond acceptors (Lipinski definition) is 6. The first-order chi connectivity index (χ1) is 17.2. The summed E-state index contributed by atoms with van der Waals surface area (Å²) in [5.41, 5.74) is 4.87. The van der Waals surface area contributed by atoms with Crippen molar-refractivity contribution in [1.29, 1.82) is 0 Å². The molecule has 1 aromatic carbocycles. The number of nitrogens with one attached hydrogen (secondary N) is 1. The van der Waals surface area contributed by atoms with Crippen LogP contribution in [0.5, 0.6) is 0 Å². The van der Waals surface area contributed by atoms with Crippen LogP contribution in [0.15, 0.2) is 36.7 Å². The molecule has 0 spiro atoms. The minimum atomic E-state index is 0.226. The van der Waals surface area contributed by atoms with Crippen molar-refractivity contribution in [1.82, 2.24) is 24.3 Å². The maximum atomic E-state index is 9.04. The molecule has 1 saturated carbocycles. The molecule has 0 amide bonds. The first kappa shape index (κ1) is 24.2. The smallest absolute Gasteiger partial charge is 0.224 e. The van der Waals surface area contributed by atoms with Crippen molar-refractivity contribution in [3.05, 3.63) is 42.2 Å². The number of hydrogen-bond donors (Lipinski definition) is 2. The number of piperazine rings is 1. The van der Waals surface area contributed by atoms with Crippen LogP contribution in [-0.2, 0) is 6.54 Å². The van der Waals surface area contributed by atoms with Crippen LogP contribution in [0.4, 0.5) is 5.95 Å². The van der Waals surface area contributed by atoms with Gasteiger partial charge in [-0.05, 0) is 43.9 Å². The zero-order chi connectivity index (χ0) is 24.0. The van der Waals surface area contributed by atoms with Crippen LogP contribution < -0.4 is 5.32 Å². The fourth-order valence-electron chi connectivity index (χ4n) is 5.47. The van der Waals surface area contributed by atoms with E-state index in [9.17, 15) is 0 Å². The Kier molecular flexibility index (Phi) is 7.96. The van der Waals surface area contributed by atoms with Gasteiger partial charge in [0.15, 0.2) is 0 Å². The second-order valence-electron chi connectivity index (χ2n) is 10.3. The van der Waals surface area contributed by atoms with Crippen molar-refractivity contribution >= 4 is 17.0 Å². The van der Waals surface area contributed by atoms with Crippen molar-refractivity contribution in [2.24, 2.45) is 0 Å². The second-order valence-corrected chi connectivity index (χ2v) is 10.3. The summed E-state index contributed by atoms with van der Waals surface area (Å²) in [5.74, 6) is 0.680. The third-order valence-electron chi connectivity index (χ3n) is 7.67. The fourth-order valence-corrected chi connectivity index (χ4v) is 5.47. The third kappa shape index (κ3) is 5.85. The Morgan fingerprint density at radius 2 is 1.77 bits per heavy atom. The van der Waals surface area contributed by atoms with Gasteiger partial charge in [-0.1, -0.05) is 43.5 Å². The molecule has 7 heteroatoms. The molecular formula is C28H40N6O. The molecule has 3 heterocycles. The summed E-state index contributed by atoms with van der Waals surface area (Å²) in [6.07, 6.45) is 12.4. The van der Waals surface area contributed by atoms with E-state index < -0.39 is 0 Å². The summed E-state index contributed by atoms with van der Waals surface area (Å²) in [6.45, 7) is 6.60. The maximum Gasteiger partial charge on any atom is 0.224 e. The molecular weight excluding hydrogens is 436 g/mol. The average molecular weight is 477 g/mol. The van der Waals surface area contributed by atoms with E-state index in [2.05, 4.69) is 62.2 Å². The number of aromatic nitrogens is 3. The molecule has 188 valence electrons. The van der Waals surface area contributed by atoms with Gasteiger partial charge >= 0.3 is 0 Å². The van der Waals surface area contributed by atoms with Gasteiger partial charge in [0.2, 0.25) is 5.95 Å². The van der Waals surface area contributed by atoms with Gasteiger partial charge in [0, 0.05) is 75.3 Å². The van der Waals surface area contributed by atoms with E-state index in [1.54, 1.807) is 0 Å². The molecule has 35 heavy (non-hydrogen) atoms. The van der Waals surface area contributed by atoms with E-state index in [1.165, 1.54) is 48.8 Å². The van der Waals surface area contributed by atoms with Crippen LogP contribution >= 0.6 is 0 Å². The SMILES string of the molecule is CN1CCN(Cc2ccc(-c3cn(C4CCCCC4)c4nc(NCCCCO)ncc34)cc2)CC1. The number of benzene rings is 1. The predicted molar refractivity (Wildman–Crippen MR) is 143 cm³/mol. The predicted octanol–water partition coefficient (Wildman–Crippen LogP) is 4.54. The highest BCUT2D eigenvalue weighted by atomic mass is 16.2. The lowest BCUT2D eigenvalue weighted by Gasteiger charge is -2.32. The Labute approximate surface area is 209 Å². The second kappa shape index (κ2) is 11.5. The summed E-state index contributed by atoms with van der Waals surface area (Å²) < 4.78 is 2.42. The van der Waals surface area contributed by atoms with Crippen LogP contribution in [-0.4, -0.2) is 75.8 Å². The Morgan fingerprint density at radius 1 is 1.00 bits per heavy atom. The molecule has 1 aliphatic heterocycles. The average Bonchev–Trinajstić information content (AvgIpc) is 3.28. The number of likely N-dealkylation sites (N-methyl/N-ethyl adjacent to an activating group) is 1. The van der Waals surface area contributed by atoms with Gasteiger partial charge in [0.25, 0.3) is 0 Å². The lowest BCUT2D eigenvalue weighted by Crippen LogP contribution is -2.43. The number of aliphatic hydroxyl groups is 1. The molecule has 2 N–H and O–H groups in total. The Hall–Kier alpha value is -2.48. The standard InChI is InChI=1S/C28H40N6O/c1-32-14-16-33(17-15-32)20-22-9-11-23(12-10-22)26-21-34(24-7-3-2-4-8-24)27-25(26)19-30-28(31-27)29-13-5-6-18-35/h9-12,19,21,24,35H,2-8,13-18,20H2,1H3,(H,29,30,31). The molecule has 2 aliphatic rings. The Balaban J connectivity index is 1.39. The van der Waals surface area contributed by atoms with Gasteiger partial charge < -0.3 is 19.9 Å². The maximum absolute atomic E-state index is 9.04. The van der Waals surface area contributed by atoms with Crippen molar-refractivity contribution in [2.45, 2.75) is 57.5 Å². The molecule has 7 nitrogen and oxygen atoms in total. The molecule has 0 radical (unpaired) electrons. The van der Waals surface area contributed by atoms with Crippen LogP contribution in [0.3, 0.4) is 0 Å². The van der Waals surface area contributed by atoms with E-state index in [1.807, 2.05) is 6.20 Å². The number of fused-ring (bicyclic) bond motifs is 1. The van der Waals surface area contributed by atoms with Gasteiger partial charge in [-0.15, -0.1) is 0 Å². The summed E-state index contributed by atoms with van der Waals surface area (Å²) >= 11 is 0. The van der Waals surface area contributed by atoms with Gasteiger partial charge in [-0.2, -0.15) is 4.98 Å². The largest absolute Gasteiger partial charge is 0.396 e. The zero-order valence-corrected chi connectivity index (χ0v) is 21.1. The molecule has 0 bridgehead atoms. The van der Waals surface area contributed by atoms with E-state index in [0.717, 1.165) is 63.1 Å². The lowest BCUT2D eigenvalue weighted by molar-refractivity contribution is 0.148. The van der Waals surface area contributed by atoms with Crippen LogP contribution in [0.1, 0.15) is 56.6 Å². The topological polar surface area (TPSA) is 69.5 Å². The fraction of sp³-hybridized carbons (Fsp3) is 0.571. The highest BCUT2D eigenvalue weighted by molar-refractivity contribution is 5.94. The third-order valence-corrected chi connectivity index (χ3v) is 7.67. The molecule has 1 aliphatic carbocycles. The van der Waals surface area contributed by atoms with Gasteiger partial charge in [-0.25, -0.2) is 4.98 Å². The molecule has 0 unspecified atom stereocenters. The Morgan fingerprint density at radius 3 is 2.51 bits per heavy atom. The van der Waals surface area contributed by atoms with E-state index in [-0.39, 0.29) is 6.61 Å². The highest BCUT2D eigenvalue weighted by Gasteiger charge is 2.21. The minimum absolute atomic E-state index is 0.226. The van der Waals surface area contributed by atoms with E-state index in [4.69, 9.17) is 10.1 Å². The van der Waals surface area contributed by atoms with Gasteiger partial charge in [-0.3, -0.25) is 4.90 Å². The van der Waals surface area contributed by atoms with Gasteiger partial charge in [0.05, 0.1) is 0 Å². The number of rotatable bonds is 9. The number of unbranched alkanes of at least 4 members (excludes halogenated alkanes) is 1. The summed E-state index contributed by atoms with van der Waals surface area (Å²) in [5, 5.41) is 13.5. The normalized spacial score (nSPS) is 18.3. The molecule has 2 fully saturated rings. The van der Waals surface area contributed by atoms with Crippen LogP contribution in [0, 0.1) is 0 Å². The molecule has 5 rings (SSSR count). The summed E-state index contributed by atoms with van der Waals surface area (Å²) in [4.78, 5) is 14.6. The molecule has 1 saturated heterocycles. The van der Waals surface area contributed by atoms with E-state index >= 15 is 0 Å². The van der Waals surface area contributed by atoms with Gasteiger partial charge in [0.1, 0.15) is 5.65 Å². The number of anilines is 1. The number of nitrogens with zero attached hydrogens (tertiary/aromatic N) is 5. The van der Waals surface area contributed by atoms with Crippen molar-refractivity contribution in [3.63, 3.8) is 0 Å². The number of aliphatic hydroxyl groups excluding tert-OH is 1. The molecule has 2 aromatic heterocycles. The van der Waals surface area contributed by atoms with Crippen LogP contribution in [0.25, 0.3) is 22.2 Å². The minimum Gasteiger partial charge on any atom is -0.396 e. The lowest BCUT2D eigenvalue weighted by atomic mass is 9.95. The summed E-state index contributed by atoms with van der Waals surface area (Å²) in [7, 11) is 2.20. The van der Waals surface area contributed by atoms with Crippen LogP contribution in [0.2, 0.25) is 0 Å². The first-order valence-corrected chi connectivity index (χ1v) is 13.4. The zero-order valence-electron chi connectivity index (χ0n) is 21.1.